The van der Waals surface area contributed by atoms with Gasteiger partial charge >= 0.3 is 0 Å². The summed E-state index contributed by atoms with van der Waals surface area (Å²) in [6.07, 6.45) is 0.0500. The Balaban J connectivity index is 2.55. The van der Waals surface area contributed by atoms with Gasteiger partial charge in [-0.2, -0.15) is 0 Å². The summed E-state index contributed by atoms with van der Waals surface area (Å²) in [5, 5.41) is 2.77. The third kappa shape index (κ3) is 4.21. The Labute approximate surface area is 101 Å². The van der Waals surface area contributed by atoms with Gasteiger partial charge in [-0.1, -0.05) is 18.2 Å². The predicted molar refractivity (Wildman–Crippen MR) is 65.7 cm³/mol. The molecule has 0 fully saturated rings. The van der Waals surface area contributed by atoms with Crippen molar-refractivity contribution in [1.82, 2.24) is 0 Å². The van der Waals surface area contributed by atoms with Crippen LogP contribution in [0.4, 0.5) is 5.69 Å². The monoisotopic (exact) mass is 241 g/mol. The van der Waals surface area contributed by atoms with Gasteiger partial charge in [0.25, 0.3) is 0 Å². The van der Waals surface area contributed by atoms with E-state index in [1.54, 1.807) is 0 Å². The maximum Gasteiger partial charge on any atom is 0.250 e. The number of carbonyl (C=O) groups is 1. The number of hydrogen-bond donors (Lipinski definition) is 1. The first kappa shape index (κ1) is 13.0. The molecule has 1 aromatic carbocycles. The van der Waals surface area contributed by atoms with E-state index in [1.807, 2.05) is 38.1 Å². The Kier molecular flexibility index (Phi) is 5.29. The zero-order valence-electron chi connectivity index (χ0n) is 9.50. The van der Waals surface area contributed by atoms with Crippen LogP contribution in [-0.2, 0) is 15.4 Å². The number of anilines is 1. The van der Waals surface area contributed by atoms with Crippen LogP contribution in [0.1, 0.15) is 19.4 Å². The lowest BCUT2D eigenvalue weighted by atomic mass is 10.2. The number of alkyl halides is 1. The molecule has 1 aromatic rings. The van der Waals surface area contributed by atoms with Crippen LogP contribution in [0.2, 0.25) is 0 Å². The molecule has 0 saturated heterocycles. The number of para-hydroxylation sites is 1. The molecule has 0 aliphatic heterocycles. The summed E-state index contributed by atoms with van der Waals surface area (Å²) in [5.74, 6) is 0.216. The van der Waals surface area contributed by atoms with Gasteiger partial charge in [-0.05, 0) is 25.5 Å². The lowest BCUT2D eigenvalue weighted by molar-refractivity contribution is -0.121. The van der Waals surface area contributed by atoms with Gasteiger partial charge in [-0.3, -0.25) is 4.79 Å². The Bertz CT molecular complexity index is 353. The van der Waals surface area contributed by atoms with Crippen molar-refractivity contribution in [2.75, 3.05) is 11.9 Å². The van der Waals surface area contributed by atoms with Gasteiger partial charge < -0.3 is 10.1 Å². The molecule has 1 amide bonds. The topological polar surface area (TPSA) is 38.3 Å². The van der Waals surface area contributed by atoms with E-state index in [1.165, 1.54) is 0 Å². The SMILES string of the molecule is CC(C)OCC(=O)Nc1ccccc1CCl. The molecule has 0 saturated carbocycles. The van der Waals surface area contributed by atoms with Crippen LogP contribution < -0.4 is 5.32 Å². The van der Waals surface area contributed by atoms with E-state index < -0.39 is 0 Å². The first-order valence-corrected chi connectivity index (χ1v) is 5.72. The molecule has 16 heavy (non-hydrogen) atoms. The highest BCUT2D eigenvalue weighted by atomic mass is 35.5. The highest BCUT2D eigenvalue weighted by Crippen LogP contribution is 2.16. The maximum absolute atomic E-state index is 11.5. The van der Waals surface area contributed by atoms with Gasteiger partial charge in [0.15, 0.2) is 0 Å². The lowest BCUT2D eigenvalue weighted by Crippen LogP contribution is -2.21. The molecule has 1 N–H and O–H groups in total. The first-order valence-electron chi connectivity index (χ1n) is 5.18. The van der Waals surface area contributed by atoms with Crippen molar-refractivity contribution in [1.29, 1.82) is 0 Å². The molecule has 0 unspecified atom stereocenters. The van der Waals surface area contributed by atoms with Gasteiger partial charge in [0.2, 0.25) is 5.91 Å². The average Bonchev–Trinajstić information content (AvgIpc) is 2.27. The summed E-state index contributed by atoms with van der Waals surface area (Å²) < 4.78 is 5.20. The van der Waals surface area contributed by atoms with Gasteiger partial charge in [0, 0.05) is 11.6 Å². The number of nitrogens with one attached hydrogen (secondary N) is 1. The molecular formula is C12H16ClNO2. The number of hydrogen-bond acceptors (Lipinski definition) is 2. The van der Waals surface area contributed by atoms with Crippen molar-refractivity contribution in [2.24, 2.45) is 0 Å². The summed E-state index contributed by atoms with van der Waals surface area (Å²) >= 11 is 5.76. The normalized spacial score (nSPS) is 10.5. The van der Waals surface area contributed by atoms with Crippen molar-refractivity contribution in [3.8, 4) is 0 Å². The van der Waals surface area contributed by atoms with E-state index in [-0.39, 0.29) is 18.6 Å². The Morgan fingerprint density at radius 3 is 2.75 bits per heavy atom. The zero-order chi connectivity index (χ0) is 12.0. The fourth-order valence-electron chi connectivity index (χ4n) is 1.19. The van der Waals surface area contributed by atoms with Crippen LogP contribution in [0, 0.1) is 0 Å². The largest absolute Gasteiger partial charge is 0.369 e. The first-order chi connectivity index (χ1) is 7.63. The van der Waals surface area contributed by atoms with E-state index in [0.29, 0.717) is 5.88 Å². The molecule has 0 heterocycles. The number of benzene rings is 1. The van der Waals surface area contributed by atoms with Crippen LogP contribution in [0.15, 0.2) is 24.3 Å². The van der Waals surface area contributed by atoms with Crippen LogP contribution in [-0.4, -0.2) is 18.6 Å². The molecule has 4 heteroatoms. The van der Waals surface area contributed by atoms with Crippen LogP contribution >= 0.6 is 11.6 Å². The molecule has 0 aliphatic rings. The molecule has 0 atom stereocenters. The van der Waals surface area contributed by atoms with E-state index in [2.05, 4.69) is 5.32 Å². The van der Waals surface area contributed by atoms with Gasteiger partial charge in [-0.25, -0.2) is 0 Å². The maximum atomic E-state index is 11.5. The summed E-state index contributed by atoms with van der Waals surface area (Å²) in [6, 6.07) is 7.45. The highest BCUT2D eigenvalue weighted by Gasteiger charge is 2.06. The molecule has 0 spiro atoms. The molecule has 0 bridgehead atoms. The second kappa shape index (κ2) is 6.51. The fourth-order valence-corrected chi connectivity index (χ4v) is 1.42. The number of amides is 1. The highest BCUT2D eigenvalue weighted by molar-refractivity contribution is 6.17. The summed E-state index contributed by atoms with van der Waals surface area (Å²) in [4.78, 5) is 11.5. The predicted octanol–water partition coefficient (Wildman–Crippen LogP) is 2.79. The molecule has 0 radical (unpaired) electrons. The number of ether oxygens (including phenoxy) is 1. The summed E-state index contributed by atoms with van der Waals surface area (Å²) in [5.41, 5.74) is 1.65. The van der Waals surface area contributed by atoms with Crippen LogP contribution in [0.5, 0.6) is 0 Å². The quantitative estimate of drug-likeness (QED) is 0.805. The van der Waals surface area contributed by atoms with Gasteiger partial charge in [0.1, 0.15) is 6.61 Å². The summed E-state index contributed by atoms with van der Waals surface area (Å²) in [7, 11) is 0. The average molecular weight is 242 g/mol. The Morgan fingerprint density at radius 2 is 2.12 bits per heavy atom. The number of carbonyl (C=O) groups excluding carboxylic acids is 1. The minimum Gasteiger partial charge on any atom is -0.369 e. The van der Waals surface area contributed by atoms with E-state index in [4.69, 9.17) is 16.3 Å². The van der Waals surface area contributed by atoms with E-state index >= 15 is 0 Å². The number of halogens is 1. The molecule has 1 rings (SSSR count). The minimum absolute atomic E-state index is 0.0500. The van der Waals surface area contributed by atoms with Crippen LogP contribution in [0.25, 0.3) is 0 Å². The fraction of sp³-hybridized carbons (Fsp3) is 0.417. The zero-order valence-corrected chi connectivity index (χ0v) is 10.3. The van der Waals surface area contributed by atoms with Crippen molar-refractivity contribution >= 4 is 23.2 Å². The Morgan fingerprint density at radius 1 is 1.44 bits per heavy atom. The lowest BCUT2D eigenvalue weighted by Gasteiger charge is -2.10. The second-order valence-electron chi connectivity index (χ2n) is 3.70. The van der Waals surface area contributed by atoms with Gasteiger partial charge in [-0.15, -0.1) is 11.6 Å². The van der Waals surface area contributed by atoms with Crippen LogP contribution in [0.3, 0.4) is 0 Å². The van der Waals surface area contributed by atoms with Crippen molar-refractivity contribution in [3.63, 3.8) is 0 Å². The summed E-state index contributed by atoms with van der Waals surface area (Å²) in [6.45, 7) is 3.84. The second-order valence-corrected chi connectivity index (χ2v) is 3.97. The molecular weight excluding hydrogens is 226 g/mol. The third-order valence-electron chi connectivity index (χ3n) is 1.98. The van der Waals surface area contributed by atoms with Gasteiger partial charge in [0.05, 0.1) is 6.10 Å². The third-order valence-corrected chi connectivity index (χ3v) is 2.27. The molecule has 0 aromatic heterocycles. The smallest absolute Gasteiger partial charge is 0.250 e. The molecule has 0 aliphatic carbocycles. The molecule has 88 valence electrons. The standard InChI is InChI=1S/C12H16ClNO2/c1-9(2)16-8-12(15)14-11-6-4-3-5-10(11)7-13/h3-6,9H,7-8H2,1-2H3,(H,14,15). The minimum atomic E-state index is -0.161. The van der Waals surface area contributed by atoms with Crippen molar-refractivity contribution in [3.05, 3.63) is 29.8 Å². The Hall–Kier alpha value is -1.06. The van der Waals surface area contributed by atoms with Crippen molar-refractivity contribution < 1.29 is 9.53 Å². The van der Waals surface area contributed by atoms with Crippen molar-refractivity contribution in [2.45, 2.75) is 25.8 Å². The van der Waals surface area contributed by atoms with E-state index in [0.717, 1.165) is 11.3 Å². The molecule has 3 nitrogen and oxygen atoms in total. The number of rotatable bonds is 5. The van der Waals surface area contributed by atoms with E-state index in [9.17, 15) is 4.79 Å².